The first kappa shape index (κ1) is 23.3. The molecule has 0 bridgehead atoms. The standard InChI is InChI=1S/C27H28N2O5/c1-28(17-19-8-5-4-6-9-19)14-15-34-23-11-7-10-21-25(23)27(31)29(26(21)30)18-20-12-13-22(32-2)24(16-20)33-3/h4-13,16H,14-15,17-18H2,1-3H3. The van der Waals surface area contributed by atoms with Gasteiger partial charge >= 0.3 is 0 Å². The lowest BCUT2D eigenvalue weighted by Crippen LogP contribution is -2.29. The van der Waals surface area contributed by atoms with E-state index in [2.05, 4.69) is 17.0 Å². The molecule has 1 aliphatic rings. The number of imide groups is 1. The molecule has 2 amide bonds. The van der Waals surface area contributed by atoms with Crippen LogP contribution in [0.15, 0.2) is 66.7 Å². The summed E-state index contributed by atoms with van der Waals surface area (Å²) in [5, 5.41) is 0. The van der Waals surface area contributed by atoms with Crippen molar-refractivity contribution in [2.45, 2.75) is 13.1 Å². The van der Waals surface area contributed by atoms with Crippen LogP contribution in [0, 0.1) is 0 Å². The second-order valence-electron chi connectivity index (χ2n) is 8.14. The van der Waals surface area contributed by atoms with Gasteiger partial charge in [0.05, 0.1) is 31.9 Å². The Kier molecular flexibility index (Phi) is 7.13. The fraction of sp³-hybridized carbons (Fsp3) is 0.259. The topological polar surface area (TPSA) is 68.3 Å². The first-order chi connectivity index (χ1) is 16.5. The van der Waals surface area contributed by atoms with E-state index in [0.717, 1.165) is 12.1 Å². The smallest absolute Gasteiger partial charge is 0.265 e. The van der Waals surface area contributed by atoms with Gasteiger partial charge in [-0.25, -0.2) is 0 Å². The first-order valence-electron chi connectivity index (χ1n) is 11.1. The van der Waals surface area contributed by atoms with Gasteiger partial charge in [0.25, 0.3) is 11.8 Å². The Hall–Kier alpha value is -3.84. The van der Waals surface area contributed by atoms with Crippen LogP contribution in [0.3, 0.4) is 0 Å². The van der Waals surface area contributed by atoms with Gasteiger partial charge in [0.15, 0.2) is 11.5 Å². The number of amides is 2. The van der Waals surface area contributed by atoms with Crippen LogP contribution >= 0.6 is 0 Å². The van der Waals surface area contributed by atoms with Crippen molar-refractivity contribution >= 4 is 11.8 Å². The van der Waals surface area contributed by atoms with Gasteiger partial charge in [-0.2, -0.15) is 0 Å². The third kappa shape index (κ3) is 4.89. The van der Waals surface area contributed by atoms with Crippen LogP contribution in [0.1, 0.15) is 31.8 Å². The largest absolute Gasteiger partial charge is 0.493 e. The van der Waals surface area contributed by atoms with Gasteiger partial charge in [0, 0.05) is 13.1 Å². The molecule has 4 rings (SSSR count). The summed E-state index contributed by atoms with van der Waals surface area (Å²) in [7, 11) is 5.12. The first-order valence-corrected chi connectivity index (χ1v) is 11.1. The molecule has 0 saturated heterocycles. The zero-order valence-electron chi connectivity index (χ0n) is 19.6. The molecule has 1 heterocycles. The molecule has 0 radical (unpaired) electrons. The van der Waals surface area contributed by atoms with Crippen LogP contribution in [0.5, 0.6) is 17.2 Å². The molecule has 0 atom stereocenters. The summed E-state index contributed by atoms with van der Waals surface area (Å²) in [6.45, 7) is 2.01. The number of ether oxygens (including phenoxy) is 3. The molecule has 0 aromatic heterocycles. The Morgan fingerprint density at radius 1 is 0.794 bits per heavy atom. The lowest BCUT2D eigenvalue weighted by molar-refractivity contribution is 0.0641. The number of rotatable bonds is 10. The minimum Gasteiger partial charge on any atom is -0.493 e. The highest BCUT2D eigenvalue weighted by Gasteiger charge is 2.38. The van der Waals surface area contributed by atoms with Crippen LogP contribution in [0.4, 0.5) is 0 Å². The molecule has 34 heavy (non-hydrogen) atoms. The normalized spacial score (nSPS) is 12.8. The minimum atomic E-state index is -0.358. The molecular weight excluding hydrogens is 432 g/mol. The van der Waals surface area contributed by atoms with E-state index in [0.29, 0.717) is 41.5 Å². The van der Waals surface area contributed by atoms with Crippen LogP contribution in [-0.4, -0.2) is 56.0 Å². The van der Waals surface area contributed by atoms with Gasteiger partial charge in [-0.1, -0.05) is 42.5 Å². The van der Waals surface area contributed by atoms with E-state index in [1.54, 1.807) is 44.6 Å². The zero-order chi connectivity index (χ0) is 24.1. The van der Waals surface area contributed by atoms with Gasteiger partial charge in [0.2, 0.25) is 0 Å². The number of fused-ring (bicyclic) bond motifs is 1. The average Bonchev–Trinajstić information content (AvgIpc) is 3.10. The number of likely N-dealkylation sites (N-methyl/N-ethyl adjacent to an activating group) is 1. The SMILES string of the molecule is COc1ccc(CN2C(=O)c3cccc(OCCN(C)Cc4ccccc4)c3C2=O)cc1OC. The van der Waals surface area contributed by atoms with Crippen molar-refractivity contribution in [2.75, 3.05) is 34.4 Å². The maximum absolute atomic E-state index is 13.2. The fourth-order valence-electron chi connectivity index (χ4n) is 4.01. The Labute approximate surface area is 199 Å². The fourth-order valence-corrected chi connectivity index (χ4v) is 4.01. The third-order valence-corrected chi connectivity index (χ3v) is 5.78. The minimum absolute atomic E-state index is 0.131. The molecule has 0 N–H and O–H groups in total. The molecule has 0 spiro atoms. The molecule has 7 nitrogen and oxygen atoms in total. The van der Waals surface area contributed by atoms with Gasteiger partial charge in [-0.15, -0.1) is 0 Å². The van der Waals surface area contributed by atoms with Gasteiger partial charge < -0.3 is 14.2 Å². The third-order valence-electron chi connectivity index (χ3n) is 5.78. The lowest BCUT2D eigenvalue weighted by Gasteiger charge is -2.18. The van der Waals surface area contributed by atoms with E-state index in [-0.39, 0.29) is 18.4 Å². The van der Waals surface area contributed by atoms with E-state index in [1.165, 1.54) is 10.5 Å². The summed E-state index contributed by atoms with van der Waals surface area (Å²) in [6.07, 6.45) is 0. The highest BCUT2D eigenvalue weighted by Crippen LogP contribution is 2.33. The van der Waals surface area contributed by atoms with E-state index in [4.69, 9.17) is 14.2 Å². The molecule has 3 aromatic carbocycles. The number of hydrogen-bond acceptors (Lipinski definition) is 6. The Morgan fingerprint density at radius 2 is 1.56 bits per heavy atom. The summed E-state index contributed by atoms with van der Waals surface area (Å²) in [5.41, 5.74) is 2.66. The summed E-state index contributed by atoms with van der Waals surface area (Å²) in [4.78, 5) is 29.6. The van der Waals surface area contributed by atoms with Crippen molar-refractivity contribution in [3.8, 4) is 17.2 Å². The van der Waals surface area contributed by atoms with Crippen molar-refractivity contribution < 1.29 is 23.8 Å². The summed E-state index contributed by atoms with van der Waals surface area (Å²) >= 11 is 0. The molecule has 0 fully saturated rings. The predicted octanol–water partition coefficient (Wildman–Crippen LogP) is 4.01. The molecule has 0 aliphatic carbocycles. The quantitative estimate of drug-likeness (QED) is 0.426. The Bertz CT molecular complexity index is 1180. The molecule has 7 heteroatoms. The highest BCUT2D eigenvalue weighted by atomic mass is 16.5. The number of benzene rings is 3. The van der Waals surface area contributed by atoms with Crippen LogP contribution in [0.2, 0.25) is 0 Å². The molecule has 0 unspecified atom stereocenters. The molecule has 3 aromatic rings. The van der Waals surface area contributed by atoms with Crippen molar-refractivity contribution in [1.29, 1.82) is 0 Å². The van der Waals surface area contributed by atoms with Crippen LogP contribution < -0.4 is 14.2 Å². The van der Waals surface area contributed by atoms with E-state index in [9.17, 15) is 9.59 Å². The molecule has 176 valence electrons. The van der Waals surface area contributed by atoms with Gasteiger partial charge in [-0.05, 0) is 42.4 Å². The maximum atomic E-state index is 13.2. The summed E-state index contributed by atoms with van der Waals surface area (Å²) in [6, 6.07) is 20.7. The Morgan fingerprint density at radius 3 is 2.29 bits per heavy atom. The Balaban J connectivity index is 1.43. The second-order valence-corrected chi connectivity index (χ2v) is 8.14. The van der Waals surface area contributed by atoms with E-state index in [1.807, 2.05) is 31.3 Å². The lowest BCUT2D eigenvalue weighted by atomic mass is 10.1. The summed E-state index contributed by atoms with van der Waals surface area (Å²) < 4.78 is 16.6. The zero-order valence-corrected chi connectivity index (χ0v) is 19.6. The van der Waals surface area contributed by atoms with Crippen LogP contribution in [0.25, 0.3) is 0 Å². The molecular formula is C27H28N2O5. The molecule has 0 saturated carbocycles. The number of carbonyl (C=O) groups excluding carboxylic acids is 2. The maximum Gasteiger partial charge on any atom is 0.265 e. The number of nitrogens with zero attached hydrogens (tertiary/aromatic N) is 2. The number of methoxy groups -OCH3 is 2. The van der Waals surface area contributed by atoms with Gasteiger partial charge in [-0.3, -0.25) is 19.4 Å². The monoisotopic (exact) mass is 460 g/mol. The molecule has 1 aliphatic heterocycles. The summed E-state index contributed by atoms with van der Waals surface area (Å²) in [5.74, 6) is 0.866. The predicted molar refractivity (Wildman–Crippen MR) is 128 cm³/mol. The van der Waals surface area contributed by atoms with E-state index < -0.39 is 0 Å². The second kappa shape index (κ2) is 10.4. The number of hydrogen-bond donors (Lipinski definition) is 0. The van der Waals surface area contributed by atoms with Gasteiger partial charge in [0.1, 0.15) is 12.4 Å². The van der Waals surface area contributed by atoms with E-state index >= 15 is 0 Å². The van der Waals surface area contributed by atoms with Crippen LogP contribution in [-0.2, 0) is 13.1 Å². The van der Waals surface area contributed by atoms with Crippen molar-refractivity contribution in [2.24, 2.45) is 0 Å². The average molecular weight is 461 g/mol. The van der Waals surface area contributed by atoms with Crippen molar-refractivity contribution in [3.05, 3.63) is 89.0 Å². The highest BCUT2D eigenvalue weighted by molar-refractivity contribution is 6.22. The van der Waals surface area contributed by atoms with Crippen molar-refractivity contribution in [3.63, 3.8) is 0 Å². The number of carbonyl (C=O) groups is 2. The van der Waals surface area contributed by atoms with Crippen molar-refractivity contribution in [1.82, 2.24) is 9.80 Å².